The van der Waals surface area contributed by atoms with Gasteiger partial charge in [0.1, 0.15) is 15.6 Å². The van der Waals surface area contributed by atoms with Gasteiger partial charge in [-0.1, -0.05) is 18.6 Å². The molecule has 0 saturated carbocycles. The lowest BCUT2D eigenvalue weighted by atomic mass is 10.0. The Morgan fingerprint density at radius 3 is 2.75 bits per heavy atom. The number of benzene rings is 1. The van der Waals surface area contributed by atoms with Gasteiger partial charge in [0.2, 0.25) is 10.0 Å². The number of thioether (sulfide) groups is 1. The molecule has 1 aromatic heterocycles. The van der Waals surface area contributed by atoms with Gasteiger partial charge >= 0.3 is 0 Å². The smallest absolute Gasteiger partial charge is 0.263 e. The molecule has 0 spiro atoms. The quantitative estimate of drug-likeness (QED) is 0.780. The van der Waals surface area contributed by atoms with Crippen LogP contribution in [0.4, 0.5) is 4.39 Å². The summed E-state index contributed by atoms with van der Waals surface area (Å²) < 4.78 is 41.6. The number of nitrogens with one attached hydrogen (secondary N) is 1. The molecule has 2 aromatic rings. The molecule has 1 aromatic carbocycles. The largest absolute Gasteiger partial charge is 0.344 e. The fourth-order valence-corrected chi connectivity index (χ4v) is 7.63. The van der Waals surface area contributed by atoms with Gasteiger partial charge < -0.3 is 5.32 Å². The molecular formula is C19H21FN2O3S3. The minimum absolute atomic E-state index is 0.0709. The lowest BCUT2D eigenvalue weighted by Gasteiger charge is -2.27. The lowest BCUT2D eigenvalue weighted by molar-refractivity contribution is 0.0935. The molecule has 2 aliphatic rings. The van der Waals surface area contributed by atoms with Crippen LogP contribution in [0.1, 0.15) is 47.0 Å². The number of piperidine rings is 1. The van der Waals surface area contributed by atoms with Crippen molar-refractivity contribution < 1.29 is 17.6 Å². The van der Waals surface area contributed by atoms with Gasteiger partial charge in [0, 0.05) is 23.7 Å². The third-order valence-corrected chi connectivity index (χ3v) is 9.24. The number of halogens is 1. The summed E-state index contributed by atoms with van der Waals surface area (Å²) in [7, 11) is -3.68. The standard InChI is InChI=1S/C19H21FN2O3S3/c20-14-6-4-5-13-15(7-11-26-17(13)14)21-19(23)18-16(8-12-27-18)28(24,25)22-9-2-1-3-10-22/h4-6,8,12,15H,1-3,7,9-11H2,(H,21,23). The molecule has 9 heteroatoms. The molecule has 4 rings (SSSR count). The molecule has 0 aliphatic carbocycles. The summed E-state index contributed by atoms with van der Waals surface area (Å²) in [5, 5.41) is 4.56. The van der Waals surface area contributed by atoms with Gasteiger partial charge in [-0.15, -0.1) is 23.1 Å². The zero-order valence-electron chi connectivity index (χ0n) is 15.2. The van der Waals surface area contributed by atoms with Gasteiger partial charge in [-0.05, 0) is 42.3 Å². The highest BCUT2D eigenvalue weighted by Crippen LogP contribution is 2.38. The Kier molecular flexibility index (Phi) is 5.78. The number of amides is 1. The van der Waals surface area contributed by atoms with Crippen molar-refractivity contribution in [3.8, 4) is 0 Å². The maximum atomic E-state index is 14.1. The Balaban J connectivity index is 1.58. The number of hydrogen-bond acceptors (Lipinski definition) is 5. The normalized spacial score (nSPS) is 20.5. The van der Waals surface area contributed by atoms with E-state index in [1.165, 1.54) is 28.2 Å². The highest BCUT2D eigenvalue weighted by atomic mass is 32.2. The number of hydrogen-bond donors (Lipinski definition) is 1. The van der Waals surface area contributed by atoms with E-state index < -0.39 is 15.9 Å². The zero-order chi connectivity index (χ0) is 19.7. The summed E-state index contributed by atoms with van der Waals surface area (Å²) in [6.07, 6.45) is 3.38. The summed E-state index contributed by atoms with van der Waals surface area (Å²) in [5.74, 6) is -0.00829. The SMILES string of the molecule is O=C(NC1CCSc2c(F)cccc21)c1sccc1S(=O)(=O)N1CCCCC1. The highest BCUT2D eigenvalue weighted by molar-refractivity contribution is 7.99. The van der Waals surface area contributed by atoms with Crippen molar-refractivity contribution in [2.75, 3.05) is 18.8 Å². The number of carbonyl (C=O) groups is 1. The monoisotopic (exact) mass is 440 g/mol. The number of fused-ring (bicyclic) bond motifs is 1. The predicted octanol–water partition coefficient (Wildman–Crippen LogP) is 4.03. The van der Waals surface area contributed by atoms with Crippen molar-refractivity contribution >= 4 is 39.0 Å². The molecule has 28 heavy (non-hydrogen) atoms. The summed E-state index contributed by atoms with van der Waals surface area (Å²) in [6, 6.07) is 6.05. The minimum atomic E-state index is -3.68. The van der Waals surface area contributed by atoms with Gasteiger partial charge in [0.05, 0.1) is 6.04 Å². The fraction of sp³-hybridized carbons (Fsp3) is 0.421. The summed E-state index contributed by atoms with van der Waals surface area (Å²) >= 11 is 2.57. The van der Waals surface area contributed by atoms with Crippen LogP contribution in [-0.2, 0) is 10.0 Å². The van der Waals surface area contributed by atoms with Crippen LogP contribution >= 0.6 is 23.1 Å². The molecule has 0 radical (unpaired) electrons. The van der Waals surface area contributed by atoms with Crippen molar-refractivity contribution in [3.05, 3.63) is 45.9 Å². The van der Waals surface area contributed by atoms with Crippen molar-refractivity contribution in [2.45, 2.75) is 41.5 Å². The Morgan fingerprint density at radius 2 is 1.96 bits per heavy atom. The van der Waals surface area contributed by atoms with Crippen molar-refractivity contribution in [3.63, 3.8) is 0 Å². The zero-order valence-corrected chi connectivity index (χ0v) is 17.6. The number of carbonyl (C=O) groups excluding carboxylic acids is 1. The van der Waals surface area contributed by atoms with Gasteiger partial charge in [-0.3, -0.25) is 4.79 Å². The van der Waals surface area contributed by atoms with Crippen molar-refractivity contribution in [1.82, 2.24) is 9.62 Å². The molecule has 1 unspecified atom stereocenters. The Morgan fingerprint density at radius 1 is 1.18 bits per heavy atom. The molecule has 150 valence electrons. The summed E-state index contributed by atoms with van der Waals surface area (Å²) in [4.78, 5) is 13.8. The summed E-state index contributed by atoms with van der Waals surface area (Å²) in [6.45, 7) is 0.984. The summed E-state index contributed by atoms with van der Waals surface area (Å²) in [5.41, 5.74) is 0.751. The van der Waals surface area contributed by atoms with E-state index in [1.54, 1.807) is 11.4 Å². The van der Waals surface area contributed by atoms with Crippen LogP contribution in [-0.4, -0.2) is 37.5 Å². The van der Waals surface area contributed by atoms with Crippen LogP contribution < -0.4 is 5.32 Å². The molecular weight excluding hydrogens is 419 g/mol. The van der Waals surface area contributed by atoms with Crippen molar-refractivity contribution in [1.29, 1.82) is 0 Å². The third-order valence-electron chi connectivity index (χ3n) is 5.10. The van der Waals surface area contributed by atoms with Crippen LogP contribution in [0, 0.1) is 5.82 Å². The first-order chi connectivity index (χ1) is 13.5. The topological polar surface area (TPSA) is 66.5 Å². The van der Waals surface area contributed by atoms with E-state index in [4.69, 9.17) is 0 Å². The molecule has 1 atom stereocenters. The van der Waals surface area contributed by atoms with Gasteiger partial charge in [-0.25, -0.2) is 12.8 Å². The average Bonchev–Trinajstić information content (AvgIpc) is 3.20. The molecule has 1 saturated heterocycles. The van der Waals surface area contributed by atoms with Gasteiger partial charge in [-0.2, -0.15) is 4.31 Å². The number of sulfonamides is 1. The van der Waals surface area contributed by atoms with E-state index in [-0.39, 0.29) is 21.6 Å². The number of nitrogens with zero attached hydrogens (tertiary/aromatic N) is 1. The highest BCUT2D eigenvalue weighted by Gasteiger charge is 2.32. The molecule has 2 aliphatic heterocycles. The van der Waals surface area contributed by atoms with Crippen molar-refractivity contribution in [2.24, 2.45) is 0 Å². The van der Waals surface area contributed by atoms with E-state index in [0.717, 1.165) is 36.2 Å². The first kappa shape index (κ1) is 19.9. The first-order valence-electron chi connectivity index (χ1n) is 9.28. The number of thiophene rings is 1. The molecule has 1 fully saturated rings. The van der Waals surface area contributed by atoms with E-state index in [2.05, 4.69) is 5.32 Å². The Labute approximate surface area is 172 Å². The van der Waals surface area contributed by atoms with Crippen LogP contribution in [0.15, 0.2) is 39.4 Å². The molecule has 5 nitrogen and oxygen atoms in total. The third kappa shape index (κ3) is 3.72. The van der Waals surface area contributed by atoms with Crippen LogP contribution in [0.25, 0.3) is 0 Å². The van der Waals surface area contributed by atoms with E-state index in [1.807, 2.05) is 6.07 Å². The second-order valence-electron chi connectivity index (χ2n) is 6.90. The molecule has 0 bridgehead atoms. The predicted molar refractivity (Wildman–Crippen MR) is 109 cm³/mol. The molecule has 1 N–H and O–H groups in total. The minimum Gasteiger partial charge on any atom is -0.344 e. The maximum Gasteiger partial charge on any atom is 0.263 e. The number of rotatable bonds is 4. The lowest BCUT2D eigenvalue weighted by Crippen LogP contribution is -2.37. The molecule has 1 amide bonds. The second-order valence-corrected chi connectivity index (χ2v) is 10.8. The molecule has 3 heterocycles. The van der Waals surface area contributed by atoms with E-state index in [9.17, 15) is 17.6 Å². The van der Waals surface area contributed by atoms with E-state index >= 15 is 0 Å². The maximum absolute atomic E-state index is 14.1. The average molecular weight is 441 g/mol. The second kappa shape index (κ2) is 8.14. The van der Waals surface area contributed by atoms with Crippen LogP contribution in [0.2, 0.25) is 0 Å². The van der Waals surface area contributed by atoms with E-state index in [0.29, 0.717) is 30.2 Å². The fourth-order valence-electron chi connectivity index (χ4n) is 3.67. The Hall–Kier alpha value is -1.42. The van der Waals surface area contributed by atoms with Crippen LogP contribution in [0.3, 0.4) is 0 Å². The van der Waals surface area contributed by atoms with Crippen LogP contribution in [0.5, 0.6) is 0 Å². The Bertz CT molecular complexity index is 984. The van der Waals surface area contributed by atoms with Gasteiger partial charge in [0.15, 0.2) is 0 Å². The first-order valence-corrected chi connectivity index (χ1v) is 12.6. The van der Waals surface area contributed by atoms with Gasteiger partial charge in [0.25, 0.3) is 5.91 Å².